The SMILES string of the molecule is C[C@H](C(=O)NC1CCCC1)N(Cc1ccccc1Cl)C(=O)COc1ccccc1F. The van der Waals surface area contributed by atoms with Gasteiger partial charge < -0.3 is 15.0 Å². The fourth-order valence-electron chi connectivity index (χ4n) is 3.57. The summed E-state index contributed by atoms with van der Waals surface area (Å²) in [5.74, 6) is -1.19. The molecule has 30 heavy (non-hydrogen) atoms. The Morgan fingerprint density at radius 2 is 1.83 bits per heavy atom. The molecule has 2 amide bonds. The highest BCUT2D eigenvalue weighted by Gasteiger charge is 2.29. The van der Waals surface area contributed by atoms with E-state index in [4.69, 9.17) is 16.3 Å². The van der Waals surface area contributed by atoms with E-state index in [1.54, 1.807) is 31.2 Å². The Bertz CT molecular complexity index is 886. The molecule has 0 aliphatic heterocycles. The van der Waals surface area contributed by atoms with E-state index < -0.39 is 17.8 Å². The monoisotopic (exact) mass is 432 g/mol. The van der Waals surface area contributed by atoms with Crippen LogP contribution in [0.15, 0.2) is 48.5 Å². The Morgan fingerprint density at radius 1 is 1.17 bits per heavy atom. The van der Waals surface area contributed by atoms with Gasteiger partial charge in [0.25, 0.3) is 5.91 Å². The quantitative estimate of drug-likeness (QED) is 0.675. The lowest BCUT2D eigenvalue weighted by Crippen LogP contribution is -2.50. The van der Waals surface area contributed by atoms with Gasteiger partial charge in [0.15, 0.2) is 18.2 Å². The molecule has 0 spiro atoms. The predicted molar refractivity (Wildman–Crippen MR) is 114 cm³/mol. The molecule has 1 fully saturated rings. The van der Waals surface area contributed by atoms with Gasteiger partial charge in [-0.1, -0.05) is 54.8 Å². The highest BCUT2D eigenvalue weighted by Crippen LogP contribution is 2.21. The van der Waals surface area contributed by atoms with Gasteiger partial charge in [-0.3, -0.25) is 9.59 Å². The van der Waals surface area contributed by atoms with Crippen molar-refractivity contribution in [1.82, 2.24) is 10.2 Å². The molecule has 1 saturated carbocycles. The van der Waals surface area contributed by atoms with Crippen LogP contribution >= 0.6 is 11.6 Å². The maximum absolute atomic E-state index is 13.8. The Morgan fingerprint density at radius 3 is 2.53 bits per heavy atom. The first-order valence-corrected chi connectivity index (χ1v) is 10.5. The molecule has 160 valence electrons. The van der Waals surface area contributed by atoms with E-state index in [1.165, 1.54) is 17.0 Å². The number of halogens is 2. The molecule has 0 heterocycles. The maximum atomic E-state index is 13.8. The van der Waals surface area contributed by atoms with E-state index in [1.807, 2.05) is 12.1 Å². The fourth-order valence-corrected chi connectivity index (χ4v) is 3.76. The second kappa shape index (κ2) is 10.4. The third kappa shape index (κ3) is 5.72. The van der Waals surface area contributed by atoms with Crippen molar-refractivity contribution in [2.45, 2.75) is 51.2 Å². The Hall–Kier alpha value is -2.60. The van der Waals surface area contributed by atoms with E-state index in [2.05, 4.69) is 5.32 Å². The molecule has 2 aromatic rings. The summed E-state index contributed by atoms with van der Waals surface area (Å²) in [5.41, 5.74) is 0.721. The maximum Gasteiger partial charge on any atom is 0.261 e. The summed E-state index contributed by atoms with van der Waals surface area (Å²) in [4.78, 5) is 27.2. The van der Waals surface area contributed by atoms with Crippen molar-refractivity contribution < 1.29 is 18.7 Å². The highest BCUT2D eigenvalue weighted by atomic mass is 35.5. The average molecular weight is 433 g/mol. The molecule has 5 nitrogen and oxygen atoms in total. The molecule has 1 N–H and O–H groups in total. The molecule has 7 heteroatoms. The molecule has 1 atom stereocenters. The number of hydrogen-bond donors (Lipinski definition) is 1. The minimum Gasteiger partial charge on any atom is -0.481 e. The summed E-state index contributed by atoms with van der Waals surface area (Å²) in [5, 5.41) is 3.54. The van der Waals surface area contributed by atoms with Crippen LogP contribution < -0.4 is 10.1 Å². The summed E-state index contributed by atoms with van der Waals surface area (Å²) in [6.07, 6.45) is 4.09. The number of hydrogen-bond acceptors (Lipinski definition) is 3. The zero-order chi connectivity index (χ0) is 21.5. The van der Waals surface area contributed by atoms with Crippen molar-refractivity contribution in [2.75, 3.05) is 6.61 Å². The van der Waals surface area contributed by atoms with E-state index in [-0.39, 0.29) is 30.9 Å². The first-order valence-electron chi connectivity index (χ1n) is 10.2. The van der Waals surface area contributed by atoms with Crippen LogP contribution in [0.1, 0.15) is 38.2 Å². The lowest BCUT2D eigenvalue weighted by Gasteiger charge is -2.30. The van der Waals surface area contributed by atoms with Crippen LogP contribution in [0.4, 0.5) is 4.39 Å². The number of carbonyl (C=O) groups is 2. The van der Waals surface area contributed by atoms with Crippen molar-refractivity contribution in [3.8, 4) is 5.75 Å². The van der Waals surface area contributed by atoms with E-state index >= 15 is 0 Å². The Kier molecular flexibility index (Phi) is 7.69. The first kappa shape index (κ1) is 22.1. The molecule has 0 radical (unpaired) electrons. The second-order valence-electron chi connectivity index (χ2n) is 7.50. The number of nitrogens with one attached hydrogen (secondary N) is 1. The van der Waals surface area contributed by atoms with Gasteiger partial charge in [-0.05, 0) is 43.5 Å². The fraction of sp³-hybridized carbons (Fsp3) is 0.391. The van der Waals surface area contributed by atoms with Gasteiger partial charge in [-0.2, -0.15) is 0 Å². The van der Waals surface area contributed by atoms with Gasteiger partial charge in [0.2, 0.25) is 5.91 Å². The van der Waals surface area contributed by atoms with Crippen LogP contribution in [0.5, 0.6) is 5.75 Å². The third-order valence-corrected chi connectivity index (χ3v) is 5.72. The largest absolute Gasteiger partial charge is 0.481 e. The normalized spacial score (nSPS) is 14.9. The van der Waals surface area contributed by atoms with Crippen molar-refractivity contribution in [3.05, 3.63) is 64.9 Å². The zero-order valence-corrected chi connectivity index (χ0v) is 17.7. The molecule has 0 saturated heterocycles. The summed E-state index contributed by atoms with van der Waals surface area (Å²) in [6.45, 7) is 1.45. The van der Waals surface area contributed by atoms with Crippen LogP contribution in [-0.4, -0.2) is 35.4 Å². The summed E-state index contributed by atoms with van der Waals surface area (Å²) < 4.78 is 19.2. The van der Waals surface area contributed by atoms with Crippen LogP contribution in [0.3, 0.4) is 0 Å². The van der Waals surface area contributed by atoms with E-state index in [0.717, 1.165) is 31.2 Å². The summed E-state index contributed by atoms with van der Waals surface area (Å²) in [7, 11) is 0. The van der Waals surface area contributed by atoms with Crippen LogP contribution in [0, 0.1) is 5.82 Å². The van der Waals surface area contributed by atoms with Gasteiger partial charge in [0.1, 0.15) is 6.04 Å². The minimum atomic E-state index is -0.724. The van der Waals surface area contributed by atoms with Crippen LogP contribution in [0.25, 0.3) is 0 Å². The first-order chi connectivity index (χ1) is 14.5. The lowest BCUT2D eigenvalue weighted by atomic mass is 10.1. The summed E-state index contributed by atoms with van der Waals surface area (Å²) >= 11 is 6.27. The van der Waals surface area contributed by atoms with Gasteiger partial charge in [-0.15, -0.1) is 0 Å². The van der Waals surface area contributed by atoms with E-state index in [0.29, 0.717) is 5.02 Å². The molecule has 0 aromatic heterocycles. The van der Waals surface area contributed by atoms with Gasteiger partial charge in [-0.25, -0.2) is 4.39 Å². The predicted octanol–water partition coefficient (Wildman–Crippen LogP) is 4.33. The number of para-hydroxylation sites is 1. The highest BCUT2D eigenvalue weighted by molar-refractivity contribution is 6.31. The second-order valence-corrected chi connectivity index (χ2v) is 7.91. The topological polar surface area (TPSA) is 58.6 Å². The van der Waals surface area contributed by atoms with Gasteiger partial charge in [0.05, 0.1) is 0 Å². The smallest absolute Gasteiger partial charge is 0.261 e. The van der Waals surface area contributed by atoms with E-state index in [9.17, 15) is 14.0 Å². The Labute approximate surface area is 181 Å². The molecule has 0 unspecified atom stereocenters. The standard InChI is InChI=1S/C23H26ClFN2O3/c1-16(23(29)26-18-9-3-4-10-18)27(14-17-8-2-5-11-19(17)24)22(28)15-30-21-13-7-6-12-20(21)25/h2,5-8,11-13,16,18H,3-4,9-10,14-15H2,1H3,(H,26,29)/t16-/m1/s1. The number of benzene rings is 2. The zero-order valence-electron chi connectivity index (χ0n) is 16.9. The Balaban J connectivity index is 1.73. The number of amides is 2. The van der Waals surface area contributed by atoms with Crippen molar-refractivity contribution >= 4 is 23.4 Å². The van der Waals surface area contributed by atoms with Crippen molar-refractivity contribution in [3.63, 3.8) is 0 Å². The molecule has 1 aliphatic carbocycles. The van der Waals surface area contributed by atoms with Gasteiger partial charge in [0, 0.05) is 17.6 Å². The molecule has 2 aromatic carbocycles. The van der Waals surface area contributed by atoms with Gasteiger partial charge >= 0.3 is 0 Å². The molecular formula is C23H26ClFN2O3. The number of nitrogens with zero attached hydrogens (tertiary/aromatic N) is 1. The molecule has 0 bridgehead atoms. The summed E-state index contributed by atoms with van der Waals surface area (Å²) in [6, 6.07) is 12.5. The van der Waals surface area contributed by atoms with Crippen LogP contribution in [-0.2, 0) is 16.1 Å². The van der Waals surface area contributed by atoms with Crippen molar-refractivity contribution in [2.24, 2.45) is 0 Å². The lowest BCUT2D eigenvalue weighted by molar-refractivity contribution is -0.142. The number of rotatable bonds is 8. The van der Waals surface area contributed by atoms with Crippen molar-refractivity contribution in [1.29, 1.82) is 0 Å². The minimum absolute atomic E-state index is 0.00777. The molecule has 3 rings (SSSR count). The number of ether oxygens (including phenoxy) is 1. The third-order valence-electron chi connectivity index (χ3n) is 5.36. The molecular weight excluding hydrogens is 407 g/mol. The average Bonchev–Trinajstić information content (AvgIpc) is 3.25. The molecule has 1 aliphatic rings. The number of carbonyl (C=O) groups excluding carboxylic acids is 2. The van der Waals surface area contributed by atoms with Crippen LogP contribution in [0.2, 0.25) is 5.02 Å².